The number of aryl methyl sites for hydroxylation is 1. The second-order valence-corrected chi connectivity index (χ2v) is 10.9. The zero-order chi connectivity index (χ0) is 23.9. The van der Waals surface area contributed by atoms with Gasteiger partial charge in [-0.15, -0.1) is 0 Å². The molecule has 1 aromatic heterocycles. The number of aromatic nitrogens is 1. The number of aliphatic carboxylic acids is 1. The summed E-state index contributed by atoms with van der Waals surface area (Å²) in [5.41, 5.74) is 2.74. The molecule has 2 aromatic carbocycles. The lowest BCUT2D eigenvalue weighted by molar-refractivity contribution is -0.138. The molecular weight excluding hydrogens is 450 g/mol. The first-order chi connectivity index (χ1) is 15.6. The molecule has 1 unspecified atom stereocenters. The average molecular weight is 477 g/mol. The van der Waals surface area contributed by atoms with Crippen molar-refractivity contribution in [1.82, 2.24) is 8.87 Å². The molecule has 0 aliphatic heterocycles. The van der Waals surface area contributed by atoms with Crippen LogP contribution >= 0.6 is 0 Å². The first kappa shape index (κ1) is 23.4. The summed E-state index contributed by atoms with van der Waals surface area (Å²) in [5.74, 6) is -2.28. The van der Waals surface area contributed by atoms with E-state index in [9.17, 15) is 27.1 Å². The Morgan fingerprint density at radius 1 is 1.18 bits per heavy atom. The predicted molar refractivity (Wildman–Crippen MR) is 121 cm³/mol. The molecule has 1 aliphatic carbocycles. The van der Waals surface area contributed by atoms with Crippen molar-refractivity contribution >= 4 is 26.9 Å². The van der Waals surface area contributed by atoms with E-state index in [2.05, 4.69) is 0 Å². The van der Waals surface area contributed by atoms with Gasteiger partial charge >= 0.3 is 5.97 Å². The van der Waals surface area contributed by atoms with Crippen LogP contribution in [0, 0.1) is 17.6 Å². The lowest BCUT2D eigenvalue weighted by atomic mass is 9.96. The van der Waals surface area contributed by atoms with Gasteiger partial charge in [0.15, 0.2) is 0 Å². The van der Waals surface area contributed by atoms with E-state index in [-0.39, 0.29) is 23.8 Å². The summed E-state index contributed by atoms with van der Waals surface area (Å²) < 4.78 is 56.7. The van der Waals surface area contributed by atoms with Gasteiger partial charge in [-0.1, -0.05) is 12.1 Å². The van der Waals surface area contributed by atoms with Gasteiger partial charge in [-0.25, -0.2) is 21.5 Å². The van der Waals surface area contributed by atoms with E-state index in [1.54, 1.807) is 16.7 Å². The third-order valence-electron chi connectivity index (χ3n) is 6.32. The molecule has 1 atom stereocenters. The van der Waals surface area contributed by atoms with Gasteiger partial charge in [-0.2, -0.15) is 0 Å². The summed E-state index contributed by atoms with van der Waals surface area (Å²) in [6, 6.07) is 8.59. The Labute approximate surface area is 191 Å². The Balaban J connectivity index is 1.80. The molecule has 3 aromatic rings. The topological polar surface area (TPSA) is 79.6 Å². The number of rotatable bonds is 6. The smallest absolute Gasteiger partial charge is 0.303 e. The van der Waals surface area contributed by atoms with Crippen LogP contribution in [0.3, 0.4) is 0 Å². The molecular formula is C24H26F2N2O4S. The highest BCUT2D eigenvalue weighted by molar-refractivity contribution is 7.89. The fraction of sp³-hybridized carbons (Fsp3) is 0.375. The van der Waals surface area contributed by atoms with Gasteiger partial charge in [0.1, 0.15) is 11.6 Å². The highest BCUT2D eigenvalue weighted by Crippen LogP contribution is 2.36. The largest absolute Gasteiger partial charge is 0.481 e. The van der Waals surface area contributed by atoms with Crippen molar-refractivity contribution in [2.24, 2.45) is 5.92 Å². The molecule has 9 heteroatoms. The molecule has 1 aliphatic rings. The number of carboxylic acids is 1. The van der Waals surface area contributed by atoms with Gasteiger partial charge in [0.05, 0.1) is 10.4 Å². The lowest BCUT2D eigenvalue weighted by Crippen LogP contribution is -2.22. The van der Waals surface area contributed by atoms with Gasteiger partial charge in [-0.3, -0.25) is 4.79 Å². The number of fused-ring (bicyclic) bond motifs is 3. The second-order valence-electron chi connectivity index (χ2n) is 8.79. The second kappa shape index (κ2) is 8.87. The van der Waals surface area contributed by atoms with Gasteiger partial charge in [0.2, 0.25) is 10.0 Å². The highest BCUT2D eigenvalue weighted by atomic mass is 32.2. The van der Waals surface area contributed by atoms with E-state index in [1.165, 1.54) is 32.3 Å². The minimum atomic E-state index is -3.57. The Morgan fingerprint density at radius 2 is 1.88 bits per heavy atom. The molecule has 176 valence electrons. The molecule has 0 spiro atoms. The quantitative estimate of drug-likeness (QED) is 0.541. The van der Waals surface area contributed by atoms with Crippen molar-refractivity contribution in [2.45, 2.75) is 43.5 Å². The number of halogens is 2. The maximum atomic E-state index is 15.0. The summed E-state index contributed by atoms with van der Waals surface area (Å²) in [7, 11) is -0.654. The molecule has 1 heterocycles. The van der Waals surface area contributed by atoms with Crippen LogP contribution in [0.25, 0.3) is 10.9 Å². The van der Waals surface area contributed by atoms with Crippen LogP contribution in [-0.4, -0.2) is 42.5 Å². The number of benzene rings is 2. The van der Waals surface area contributed by atoms with E-state index >= 15 is 0 Å². The molecule has 6 nitrogen and oxygen atoms in total. The molecule has 33 heavy (non-hydrogen) atoms. The van der Waals surface area contributed by atoms with Crippen LogP contribution < -0.4 is 0 Å². The maximum absolute atomic E-state index is 15.0. The lowest BCUT2D eigenvalue weighted by Gasteiger charge is -2.16. The van der Waals surface area contributed by atoms with E-state index in [1.807, 2.05) is 0 Å². The maximum Gasteiger partial charge on any atom is 0.303 e. The summed E-state index contributed by atoms with van der Waals surface area (Å²) >= 11 is 0. The summed E-state index contributed by atoms with van der Waals surface area (Å²) in [6.07, 6.45) is 2.59. The normalized spacial score (nSPS) is 16.7. The first-order valence-electron chi connectivity index (χ1n) is 10.8. The average Bonchev–Trinajstić information content (AvgIpc) is 2.87. The Hall–Kier alpha value is -2.78. The van der Waals surface area contributed by atoms with Crippen LogP contribution in [0.4, 0.5) is 8.78 Å². The molecule has 0 amide bonds. The first-order valence-corrected chi connectivity index (χ1v) is 12.2. The number of sulfonamides is 1. The van der Waals surface area contributed by atoms with Gasteiger partial charge in [0, 0.05) is 44.2 Å². The van der Waals surface area contributed by atoms with Crippen molar-refractivity contribution in [1.29, 1.82) is 0 Å². The number of hydrogen-bond donors (Lipinski definition) is 1. The van der Waals surface area contributed by atoms with Crippen molar-refractivity contribution < 1.29 is 27.1 Å². The standard InChI is InChI=1S/C24H26F2N2O4S/c1-27(2)33(31,32)18-8-6-15(7-9-18)14-28-22-10-16(11-23(29)30)4-3-5-19(22)20-12-17(25)13-21(26)24(20)28/h6-9,12-13,16H,3-5,10-11,14H2,1-2H3,(H,29,30). The molecule has 0 fully saturated rings. The van der Waals surface area contributed by atoms with Gasteiger partial charge in [0.25, 0.3) is 0 Å². The third kappa shape index (κ3) is 4.52. The van der Waals surface area contributed by atoms with Crippen LogP contribution in [0.15, 0.2) is 41.3 Å². The van der Waals surface area contributed by atoms with Crippen molar-refractivity contribution in [3.63, 3.8) is 0 Å². The fourth-order valence-electron chi connectivity index (χ4n) is 4.73. The number of hydrogen-bond acceptors (Lipinski definition) is 3. The fourth-order valence-corrected chi connectivity index (χ4v) is 5.64. The van der Waals surface area contributed by atoms with E-state index in [0.717, 1.165) is 40.0 Å². The molecule has 0 radical (unpaired) electrons. The Bertz CT molecular complexity index is 1310. The minimum Gasteiger partial charge on any atom is -0.481 e. The highest BCUT2D eigenvalue weighted by Gasteiger charge is 2.27. The predicted octanol–water partition coefficient (Wildman–Crippen LogP) is 4.19. The third-order valence-corrected chi connectivity index (χ3v) is 8.15. The summed E-state index contributed by atoms with van der Waals surface area (Å²) in [5, 5.41) is 9.81. The molecule has 0 bridgehead atoms. The number of nitrogens with zero attached hydrogens (tertiary/aromatic N) is 2. The molecule has 4 rings (SSSR count). The Kier molecular flexibility index (Phi) is 6.28. The van der Waals surface area contributed by atoms with Crippen molar-refractivity contribution in [3.8, 4) is 0 Å². The molecule has 1 N–H and O–H groups in total. The van der Waals surface area contributed by atoms with Crippen LogP contribution in [0.5, 0.6) is 0 Å². The number of carbonyl (C=O) groups is 1. The Morgan fingerprint density at radius 3 is 2.52 bits per heavy atom. The summed E-state index contributed by atoms with van der Waals surface area (Å²) in [6.45, 7) is 0.260. The van der Waals surface area contributed by atoms with Crippen LogP contribution in [0.2, 0.25) is 0 Å². The van der Waals surface area contributed by atoms with E-state index in [4.69, 9.17) is 0 Å². The summed E-state index contributed by atoms with van der Waals surface area (Å²) in [4.78, 5) is 11.5. The SMILES string of the molecule is CN(C)S(=O)(=O)c1ccc(Cn2c3c(c4cc(F)cc(F)c42)CCCC(CC(=O)O)C3)cc1. The van der Waals surface area contributed by atoms with E-state index < -0.39 is 27.6 Å². The number of carboxylic acid groups (broad SMARTS) is 1. The van der Waals surface area contributed by atoms with Crippen molar-refractivity contribution in [3.05, 3.63) is 64.9 Å². The van der Waals surface area contributed by atoms with Gasteiger partial charge < -0.3 is 9.67 Å². The van der Waals surface area contributed by atoms with Crippen molar-refractivity contribution in [2.75, 3.05) is 14.1 Å². The zero-order valence-corrected chi connectivity index (χ0v) is 19.3. The molecule has 0 saturated heterocycles. The van der Waals surface area contributed by atoms with Gasteiger partial charge in [-0.05, 0) is 60.9 Å². The van der Waals surface area contributed by atoms with Crippen LogP contribution in [0.1, 0.15) is 36.1 Å². The monoisotopic (exact) mass is 476 g/mol. The minimum absolute atomic E-state index is 0.0227. The molecule has 0 saturated carbocycles. The van der Waals surface area contributed by atoms with Crippen LogP contribution in [-0.2, 0) is 34.2 Å². The zero-order valence-electron chi connectivity index (χ0n) is 18.5. The van der Waals surface area contributed by atoms with E-state index in [0.29, 0.717) is 23.7 Å².